The van der Waals surface area contributed by atoms with E-state index < -0.39 is 6.10 Å². The van der Waals surface area contributed by atoms with Gasteiger partial charge in [-0.2, -0.15) is 0 Å². The van der Waals surface area contributed by atoms with Crippen molar-refractivity contribution in [3.05, 3.63) is 22.7 Å². The predicted molar refractivity (Wildman–Crippen MR) is 79.1 cm³/mol. The van der Waals surface area contributed by atoms with Gasteiger partial charge in [-0.15, -0.1) is 0 Å². The molecule has 1 aliphatic heterocycles. The molecule has 0 aromatic heterocycles. The van der Waals surface area contributed by atoms with Crippen LogP contribution in [0.2, 0.25) is 0 Å². The summed E-state index contributed by atoms with van der Waals surface area (Å²) in [6.45, 7) is 3.45. The maximum absolute atomic E-state index is 12.2. The first-order valence-electron chi connectivity index (χ1n) is 6.58. The van der Waals surface area contributed by atoms with Crippen molar-refractivity contribution in [2.75, 3.05) is 18.8 Å². The van der Waals surface area contributed by atoms with Crippen LogP contribution in [-0.2, 0) is 4.79 Å². The van der Waals surface area contributed by atoms with Gasteiger partial charge in [0.25, 0.3) is 5.91 Å². The number of hydrogen-bond donors (Lipinski definition) is 1. The zero-order valence-electron chi connectivity index (χ0n) is 11.1. The van der Waals surface area contributed by atoms with Crippen molar-refractivity contribution in [1.29, 1.82) is 0 Å². The number of ether oxygens (including phenoxy) is 1. The zero-order valence-corrected chi connectivity index (χ0v) is 12.6. The number of carbonyl (C=O) groups excluding carboxylic acids is 1. The number of amides is 1. The fraction of sp³-hybridized carbons (Fsp3) is 0.500. The van der Waals surface area contributed by atoms with Gasteiger partial charge in [-0.05, 0) is 44.4 Å². The summed E-state index contributed by atoms with van der Waals surface area (Å²) in [6.07, 6.45) is 2.87. The maximum Gasteiger partial charge on any atom is 0.263 e. The van der Waals surface area contributed by atoms with Crippen LogP contribution in [0.15, 0.2) is 22.7 Å². The summed E-state index contributed by atoms with van der Waals surface area (Å²) in [5, 5.41) is 0. The highest BCUT2D eigenvalue weighted by atomic mass is 79.9. The lowest BCUT2D eigenvalue weighted by Gasteiger charge is -2.29. The van der Waals surface area contributed by atoms with Gasteiger partial charge in [0.05, 0.1) is 5.69 Å². The summed E-state index contributed by atoms with van der Waals surface area (Å²) in [4.78, 5) is 14.1. The molecule has 1 aliphatic rings. The third-order valence-corrected chi connectivity index (χ3v) is 3.78. The van der Waals surface area contributed by atoms with E-state index in [1.807, 2.05) is 11.0 Å². The van der Waals surface area contributed by atoms with Crippen molar-refractivity contribution in [3.8, 4) is 5.75 Å². The molecule has 19 heavy (non-hydrogen) atoms. The molecule has 1 aromatic rings. The molecule has 0 radical (unpaired) electrons. The topological polar surface area (TPSA) is 55.6 Å². The summed E-state index contributed by atoms with van der Waals surface area (Å²) in [7, 11) is 0. The van der Waals surface area contributed by atoms with Gasteiger partial charge in [0.15, 0.2) is 6.10 Å². The second kappa shape index (κ2) is 6.28. The molecule has 1 fully saturated rings. The molecular formula is C14H19BrN2O2. The van der Waals surface area contributed by atoms with Crippen LogP contribution >= 0.6 is 15.9 Å². The van der Waals surface area contributed by atoms with E-state index in [0.29, 0.717) is 11.4 Å². The lowest BCUT2D eigenvalue weighted by atomic mass is 10.1. The van der Waals surface area contributed by atoms with Crippen molar-refractivity contribution >= 4 is 27.5 Å². The first kappa shape index (κ1) is 14.2. The fourth-order valence-corrected chi connectivity index (χ4v) is 2.62. The average Bonchev–Trinajstić information content (AvgIpc) is 2.42. The smallest absolute Gasteiger partial charge is 0.263 e. The second-order valence-corrected chi connectivity index (χ2v) is 5.74. The SMILES string of the molecule is CC(Oc1ccc(Br)cc1N)C(=O)N1CCCCC1. The van der Waals surface area contributed by atoms with E-state index >= 15 is 0 Å². The van der Waals surface area contributed by atoms with Crippen molar-refractivity contribution in [1.82, 2.24) is 4.90 Å². The molecule has 0 spiro atoms. The molecule has 1 atom stereocenters. The van der Waals surface area contributed by atoms with Crippen molar-refractivity contribution in [2.45, 2.75) is 32.3 Å². The van der Waals surface area contributed by atoms with Gasteiger partial charge in [0, 0.05) is 17.6 Å². The Hall–Kier alpha value is -1.23. The number of nitrogen functional groups attached to an aromatic ring is 1. The van der Waals surface area contributed by atoms with E-state index in [1.54, 1.807) is 19.1 Å². The Morgan fingerprint density at radius 1 is 1.37 bits per heavy atom. The van der Waals surface area contributed by atoms with Crippen LogP contribution < -0.4 is 10.5 Å². The second-order valence-electron chi connectivity index (χ2n) is 4.83. The molecule has 1 saturated heterocycles. The fourth-order valence-electron chi connectivity index (χ4n) is 2.24. The molecule has 5 heteroatoms. The van der Waals surface area contributed by atoms with Crippen LogP contribution in [0.5, 0.6) is 5.75 Å². The van der Waals surface area contributed by atoms with Crippen LogP contribution in [0.3, 0.4) is 0 Å². The molecule has 0 bridgehead atoms. The van der Waals surface area contributed by atoms with Crippen LogP contribution in [0.1, 0.15) is 26.2 Å². The van der Waals surface area contributed by atoms with Crippen LogP contribution in [0.4, 0.5) is 5.69 Å². The van der Waals surface area contributed by atoms with Crippen molar-refractivity contribution in [2.24, 2.45) is 0 Å². The Kier molecular flexibility index (Phi) is 4.69. The summed E-state index contributed by atoms with van der Waals surface area (Å²) >= 11 is 3.34. The van der Waals surface area contributed by atoms with Gasteiger partial charge in [-0.25, -0.2) is 0 Å². The molecule has 0 saturated carbocycles. The van der Waals surface area contributed by atoms with E-state index in [2.05, 4.69) is 15.9 Å². The molecule has 1 unspecified atom stereocenters. The summed E-state index contributed by atoms with van der Waals surface area (Å²) < 4.78 is 6.57. The van der Waals surface area contributed by atoms with Gasteiger partial charge in [0.1, 0.15) is 5.75 Å². The zero-order chi connectivity index (χ0) is 13.8. The predicted octanol–water partition coefficient (Wildman–Crippen LogP) is 2.81. The monoisotopic (exact) mass is 326 g/mol. The molecule has 2 N–H and O–H groups in total. The summed E-state index contributed by atoms with van der Waals surface area (Å²) in [6, 6.07) is 5.40. The lowest BCUT2D eigenvalue weighted by Crippen LogP contribution is -2.43. The Labute approximate surface area is 122 Å². The molecule has 0 aliphatic carbocycles. The number of nitrogens with two attached hydrogens (primary N) is 1. The van der Waals surface area contributed by atoms with Gasteiger partial charge < -0.3 is 15.4 Å². The summed E-state index contributed by atoms with van der Waals surface area (Å²) in [5.41, 5.74) is 6.40. The number of likely N-dealkylation sites (tertiary alicyclic amines) is 1. The van der Waals surface area contributed by atoms with E-state index in [9.17, 15) is 4.79 Å². The quantitative estimate of drug-likeness (QED) is 0.869. The van der Waals surface area contributed by atoms with E-state index in [1.165, 1.54) is 6.42 Å². The van der Waals surface area contributed by atoms with Gasteiger partial charge in [0.2, 0.25) is 0 Å². The molecule has 4 nitrogen and oxygen atoms in total. The largest absolute Gasteiger partial charge is 0.479 e. The number of rotatable bonds is 3. The maximum atomic E-state index is 12.2. The highest BCUT2D eigenvalue weighted by Gasteiger charge is 2.23. The Morgan fingerprint density at radius 3 is 2.68 bits per heavy atom. The minimum atomic E-state index is -0.499. The van der Waals surface area contributed by atoms with Gasteiger partial charge in [-0.1, -0.05) is 15.9 Å². The number of hydrogen-bond acceptors (Lipinski definition) is 3. The molecular weight excluding hydrogens is 308 g/mol. The highest BCUT2D eigenvalue weighted by Crippen LogP contribution is 2.26. The minimum Gasteiger partial charge on any atom is -0.479 e. The normalized spacial score (nSPS) is 17.1. The standard InChI is InChI=1S/C14H19BrN2O2/c1-10(14(18)17-7-3-2-4-8-17)19-13-6-5-11(15)9-12(13)16/h5-6,9-10H,2-4,7-8,16H2,1H3. The Bertz CT molecular complexity index is 459. The van der Waals surface area contributed by atoms with Crippen molar-refractivity contribution < 1.29 is 9.53 Å². The highest BCUT2D eigenvalue weighted by molar-refractivity contribution is 9.10. The van der Waals surface area contributed by atoms with Crippen LogP contribution in [0, 0.1) is 0 Å². The number of anilines is 1. The van der Waals surface area contributed by atoms with Gasteiger partial charge in [-0.3, -0.25) is 4.79 Å². The van der Waals surface area contributed by atoms with Crippen LogP contribution in [-0.4, -0.2) is 30.0 Å². The Balaban J connectivity index is 1.99. The number of halogens is 1. The van der Waals surface area contributed by atoms with E-state index in [-0.39, 0.29) is 5.91 Å². The van der Waals surface area contributed by atoms with Crippen molar-refractivity contribution in [3.63, 3.8) is 0 Å². The number of benzene rings is 1. The van der Waals surface area contributed by atoms with E-state index in [0.717, 1.165) is 30.4 Å². The molecule has 104 valence electrons. The lowest BCUT2D eigenvalue weighted by molar-refractivity contribution is -0.138. The Morgan fingerprint density at radius 2 is 2.05 bits per heavy atom. The number of carbonyl (C=O) groups is 1. The first-order valence-corrected chi connectivity index (χ1v) is 7.37. The first-order chi connectivity index (χ1) is 9.08. The minimum absolute atomic E-state index is 0.0435. The number of piperidine rings is 1. The van der Waals surface area contributed by atoms with Gasteiger partial charge >= 0.3 is 0 Å². The average molecular weight is 327 g/mol. The molecule has 1 heterocycles. The number of nitrogens with zero attached hydrogens (tertiary/aromatic N) is 1. The van der Waals surface area contributed by atoms with Crippen LogP contribution in [0.25, 0.3) is 0 Å². The molecule has 1 amide bonds. The third-order valence-electron chi connectivity index (χ3n) is 3.29. The molecule has 2 rings (SSSR count). The molecule has 1 aromatic carbocycles. The summed E-state index contributed by atoms with van der Waals surface area (Å²) in [5.74, 6) is 0.600. The van der Waals surface area contributed by atoms with E-state index in [4.69, 9.17) is 10.5 Å². The third kappa shape index (κ3) is 3.62.